The van der Waals surface area contributed by atoms with Crippen molar-refractivity contribution in [2.45, 2.75) is 19.4 Å². The van der Waals surface area contributed by atoms with E-state index in [1.165, 1.54) is 5.56 Å². The molecule has 0 aliphatic heterocycles. The van der Waals surface area contributed by atoms with Crippen molar-refractivity contribution in [3.63, 3.8) is 0 Å². The number of para-hydroxylation sites is 1. The second-order valence-corrected chi connectivity index (χ2v) is 5.48. The molecule has 3 heteroatoms. The summed E-state index contributed by atoms with van der Waals surface area (Å²) in [4.78, 5) is 15.0. The van der Waals surface area contributed by atoms with Crippen molar-refractivity contribution in [1.29, 1.82) is 0 Å². The number of nitrogens with one attached hydrogen (secondary N) is 2. The zero-order valence-corrected chi connectivity index (χ0v) is 12.5. The summed E-state index contributed by atoms with van der Waals surface area (Å²) in [7, 11) is 0. The van der Waals surface area contributed by atoms with Crippen LogP contribution in [0.5, 0.6) is 0 Å². The molecule has 0 fully saturated rings. The summed E-state index contributed by atoms with van der Waals surface area (Å²) in [5.41, 5.74) is 3.03. The highest BCUT2D eigenvalue weighted by molar-refractivity contribution is 5.78. The predicted molar refractivity (Wildman–Crippen MR) is 91.0 cm³/mol. The first-order valence-electron chi connectivity index (χ1n) is 7.68. The van der Waals surface area contributed by atoms with Gasteiger partial charge in [0.15, 0.2) is 0 Å². The second-order valence-electron chi connectivity index (χ2n) is 5.48. The van der Waals surface area contributed by atoms with E-state index < -0.39 is 0 Å². The number of rotatable bonds is 6. The van der Waals surface area contributed by atoms with Gasteiger partial charge >= 0.3 is 0 Å². The first-order valence-corrected chi connectivity index (χ1v) is 7.68. The van der Waals surface area contributed by atoms with Gasteiger partial charge in [0.1, 0.15) is 0 Å². The van der Waals surface area contributed by atoms with Crippen molar-refractivity contribution < 1.29 is 0 Å². The molecule has 22 heavy (non-hydrogen) atoms. The Labute approximate surface area is 130 Å². The van der Waals surface area contributed by atoms with Gasteiger partial charge in [-0.25, -0.2) is 0 Å². The lowest BCUT2D eigenvalue weighted by Crippen LogP contribution is -2.22. The van der Waals surface area contributed by atoms with E-state index in [1.807, 2.05) is 36.4 Å². The van der Waals surface area contributed by atoms with Crippen LogP contribution in [-0.4, -0.2) is 11.5 Å². The molecular formula is C19H20N2O. The van der Waals surface area contributed by atoms with Crippen LogP contribution in [0, 0.1) is 0 Å². The average molecular weight is 292 g/mol. The predicted octanol–water partition coefficient (Wildman–Crippen LogP) is 3.25. The van der Waals surface area contributed by atoms with E-state index in [9.17, 15) is 4.79 Å². The van der Waals surface area contributed by atoms with E-state index in [2.05, 4.69) is 34.6 Å². The Kier molecular flexibility index (Phi) is 4.66. The molecular weight excluding hydrogens is 272 g/mol. The van der Waals surface area contributed by atoms with Gasteiger partial charge < -0.3 is 10.3 Å². The van der Waals surface area contributed by atoms with Gasteiger partial charge in [-0.1, -0.05) is 48.5 Å². The largest absolute Gasteiger partial charge is 0.322 e. The van der Waals surface area contributed by atoms with E-state index in [4.69, 9.17) is 0 Å². The van der Waals surface area contributed by atoms with Gasteiger partial charge in [-0.15, -0.1) is 0 Å². The number of aromatic nitrogens is 1. The molecule has 112 valence electrons. The molecule has 0 aliphatic rings. The number of H-pyrrole nitrogens is 1. The van der Waals surface area contributed by atoms with Crippen LogP contribution in [0.2, 0.25) is 0 Å². The number of benzene rings is 2. The summed E-state index contributed by atoms with van der Waals surface area (Å²) in [6.45, 7) is 1.51. The third kappa shape index (κ3) is 3.62. The molecule has 2 N–H and O–H groups in total. The summed E-state index contributed by atoms with van der Waals surface area (Å²) in [5.74, 6) is 0. The van der Waals surface area contributed by atoms with Crippen molar-refractivity contribution in [1.82, 2.24) is 10.3 Å². The molecule has 0 saturated heterocycles. The second kappa shape index (κ2) is 7.05. The van der Waals surface area contributed by atoms with Crippen molar-refractivity contribution in [2.75, 3.05) is 6.54 Å². The maximum atomic E-state index is 12.0. The van der Waals surface area contributed by atoms with E-state index in [0.29, 0.717) is 6.54 Å². The Bertz CT molecular complexity index is 793. The molecule has 3 nitrogen and oxygen atoms in total. The molecule has 1 aromatic heterocycles. The van der Waals surface area contributed by atoms with Crippen LogP contribution in [0.3, 0.4) is 0 Å². The molecule has 0 atom stereocenters. The van der Waals surface area contributed by atoms with E-state index >= 15 is 0 Å². The number of aryl methyl sites for hydroxylation is 1. The van der Waals surface area contributed by atoms with Crippen LogP contribution in [-0.2, 0) is 13.0 Å². The van der Waals surface area contributed by atoms with Crippen LogP contribution >= 0.6 is 0 Å². The molecule has 2 aromatic carbocycles. The lowest BCUT2D eigenvalue weighted by Gasteiger charge is -2.06. The smallest absolute Gasteiger partial charge is 0.252 e. The standard InChI is InChI=1S/C19H20N2O/c22-19-17(13-16-10-4-5-11-18(16)21-19)14-20-12-6-9-15-7-2-1-3-8-15/h1-5,7-8,10-11,13,20H,6,9,12,14H2,(H,21,22). The maximum absolute atomic E-state index is 12.0. The number of hydrogen-bond donors (Lipinski definition) is 2. The Morgan fingerprint density at radius 2 is 1.73 bits per heavy atom. The van der Waals surface area contributed by atoms with Crippen LogP contribution in [0.25, 0.3) is 10.9 Å². The fraction of sp³-hybridized carbons (Fsp3) is 0.211. The van der Waals surface area contributed by atoms with Crippen LogP contribution in [0.1, 0.15) is 17.5 Å². The monoisotopic (exact) mass is 292 g/mol. The molecule has 3 rings (SSSR count). The van der Waals surface area contributed by atoms with Crippen molar-refractivity contribution in [2.24, 2.45) is 0 Å². The van der Waals surface area contributed by atoms with Gasteiger partial charge in [0.2, 0.25) is 0 Å². The summed E-state index contributed by atoms with van der Waals surface area (Å²) in [6, 6.07) is 20.3. The third-order valence-electron chi connectivity index (χ3n) is 3.81. The third-order valence-corrected chi connectivity index (χ3v) is 3.81. The average Bonchev–Trinajstić information content (AvgIpc) is 2.56. The first kappa shape index (κ1) is 14.5. The Morgan fingerprint density at radius 1 is 0.955 bits per heavy atom. The first-order chi connectivity index (χ1) is 10.8. The summed E-state index contributed by atoms with van der Waals surface area (Å²) in [6.07, 6.45) is 2.12. The van der Waals surface area contributed by atoms with E-state index in [-0.39, 0.29) is 5.56 Å². The molecule has 1 heterocycles. The Morgan fingerprint density at radius 3 is 2.59 bits per heavy atom. The minimum atomic E-state index is -0.00532. The van der Waals surface area contributed by atoms with Crippen LogP contribution in [0.15, 0.2) is 65.5 Å². The zero-order valence-electron chi connectivity index (χ0n) is 12.5. The SMILES string of the molecule is O=c1[nH]c2ccccc2cc1CNCCCc1ccccc1. The van der Waals surface area contributed by atoms with Crippen molar-refractivity contribution in [3.05, 3.63) is 82.1 Å². The quantitative estimate of drug-likeness (QED) is 0.685. The fourth-order valence-corrected chi connectivity index (χ4v) is 2.61. The highest BCUT2D eigenvalue weighted by Gasteiger charge is 2.02. The number of aromatic amines is 1. The normalized spacial score (nSPS) is 10.9. The molecule has 0 bridgehead atoms. The minimum absolute atomic E-state index is 0.00532. The molecule has 0 radical (unpaired) electrons. The summed E-state index contributed by atoms with van der Waals surface area (Å²) in [5, 5.41) is 4.43. The number of fused-ring (bicyclic) bond motifs is 1. The van der Waals surface area contributed by atoms with E-state index in [0.717, 1.165) is 35.9 Å². The van der Waals surface area contributed by atoms with Gasteiger partial charge in [-0.2, -0.15) is 0 Å². The van der Waals surface area contributed by atoms with Gasteiger partial charge in [-0.05, 0) is 42.5 Å². The molecule has 0 saturated carbocycles. The minimum Gasteiger partial charge on any atom is -0.322 e. The summed E-state index contributed by atoms with van der Waals surface area (Å²) < 4.78 is 0. The zero-order chi connectivity index (χ0) is 15.2. The Balaban J connectivity index is 1.53. The van der Waals surface area contributed by atoms with Crippen molar-refractivity contribution >= 4 is 10.9 Å². The van der Waals surface area contributed by atoms with Gasteiger partial charge in [0.25, 0.3) is 5.56 Å². The van der Waals surface area contributed by atoms with Crippen molar-refractivity contribution in [3.8, 4) is 0 Å². The highest BCUT2D eigenvalue weighted by atomic mass is 16.1. The fourth-order valence-electron chi connectivity index (χ4n) is 2.61. The topological polar surface area (TPSA) is 44.9 Å². The lowest BCUT2D eigenvalue weighted by molar-refractivity contribution is 0.646. The molecule has 0 amide bonds. The number of hydrogen-bond acceptors (Lipinski definition) is 2. The molecule has 0 unspecified atom stereocenters. The van der Waals surface area contributed by atoms with Gasteiger partial charge in [0.05, 0.1) is 0 Å². The maximum Gasteiger partial charge on any atom is 0.252 e. The summed E-state index contributed by atoms with van der Waals surface area (Å²) >= 11 is 0. The lowest BCUT2D eigenvalue weighted by atomic mass is 10.1. The van der Waals surface area contributed by atoms with Crippen LogP contribution < -0.4 is 10.9 Å². The molecule has 0 aliphatic carbocycles. The Hall–Kier alpha value is -2.39. The highest BCUT2D eigenvalue weighted by Crippen LogP contribution is 2.09. The molecule has 0 spiro atoms. The molecule has 3 aromatic rings. The number of pyridine rings is 1. The van der Waals surface area contributed by atoms with Gasteiger partial charge in [-0.3, -0.25) is 4.79 Å². The van der Waals surface area contributed by atoms with Gasteiger partial charge in [0, 0.05) is 17.6 Å². The van der Waals surface area contributed by atoms with Crippen LogP contribution in [0.4, 0.5) is 0 Å². The van der Waals surface area contributed by atoms with E-state index in [1.54, 1.807) is 0 Å².